The van der Waals surface area contributed by atoms with Crippen LogP contribution in [0.15, 0.2) is 11.1 Å². The van der Waals surface area contributed by atoms with Crippen LogP contribution >= 0.6 is 11.8 Å². The highest BCUT2D eigenvalue weighted by Gasteiger charge is 2.67. The first-order valence-electron chi connectivity index (χ1n) is 11.4. The molecule has 166 valence electrons. The SMILES string of the molecule is COC(=O)C1=C2C([C@H]3C[C@H]4[C@H](CC[C@H](C)N4Cl)[C@]2(O)C3)[C@@H]2CCC[C@H](OC)[C@H]2C1=O. The minimum Gasteiger partial charge on any atom is -0.465 e. The first-order valence-corrected chi connectivity index (χ1v) is 11.7. The standard InChI is InChI=1S/C23H32ClNO5/c1-11-7-8-14-15(25(11)24)9-12-10-23(14,28)20-17(12)13-5-4-6-16(29-2)18(13)21(26)19(20)22(27)30-3/h11-18,28H,4-10H2,1-3H3/t11-,12-,13-,14-,15-,16-,17?,18-,23+/m0/s1. The smallest absolute Gasteiger partial charge is 0.341 e. The third kappa shape index (κ3) is 2.66. The summed E-state index contributed by atoms with van der Waals surface area (Å²) in [5.74, 6) is -0.836. The Morgan fingerprint density at radius 3 is 2.67 bits per heavy atom. The number of nitrogens with zero attached hydrogens (tertiary/aromatic N) is 1. The average Bonchev–Trinajstić information content (AvgIpc) is 2.98. The molecule has 5 rings (SSSR count). The molecule has 1 unspecified atom stereocenters. The predicted octanol–water partition coefficient (Wildman–Crippen LogP) is 2.86. The number of ether oxygens (including phenoxy) is 2. The molecular formula is C23H32ClNO5. The quantitative estimate of drug-likeness (QED) is 0.406. The van der Waals surface area contributed by atoms with E-state index in [1.54, 1.807) is 7.11 Å². The number of fused-ring (bicyclic) bond motifs is 9. The second-order valence-electron chi connectivity index (χ2n) is 10.1. The molecule has 1 saturated heterocycles. The van der Waals surface area contributed by atoms with Gasteiger partial charge in [-0.15, -0.1) is 0 Å². The first-order chi connectivity index (χ1) is 14.3. The van der Waals surface area contributed by atoms with Crippen LogP contribution in [-0.2, 0) is 19.1 Å². The summed E-state index contributed by atoms with van der Waals surface area (Å²) in [6, 6.07) is 0.318. The van der Waals surface area contributed by atoms with Crippen molar-refractivity contribution >= 4 is 23.5 Å². The maximum Gasteiger partial charge on any atom is 0.341 e. The van der Waals surface area contributed by atoms with Gasteiger partial charge in [-0.2, -0.15) is 0 Å². The fraction of sp³-hybridized carbons (Fsp3) is 0.826. The number of esters is 1. The summed E-state index contributed by atoms with van der Waals surface area (Å²) in [6.07, 6.45) is 5.84. The zero-order chi connectivity index (χ0) is 21.4. The Kier molecular flexibility index (Phi) is 5.09. The Balaban J connectivity index is 1.68. The van der Waals surface area contributed by atoms with Gasteiger partial charge in [-0.25, -0.2) is 9.21 Å². The van der Waals surface area contributed by atoms with E-state index >= 15 is 0 Å². The fourth-order valence-corrected chi connectivity index (χ4v) is 8.20. The van der Waals surface area contributed by atoms with E-state index in [4.69, 9.17) is 21.3 Å². The fourth-order valence-electron chi connectivity index (χ4n) is 7.89. The van der Waals surface area contributed by atoms with Crippen molar-refractivity contribution in [1.82, 2.24) is 4.42 Å². The van der Waals surface area contributed by atoms with Crippen molar-refractivity contribution in [2.24, 2.45) is 29.6 Å². The highest BCUT2D eigenvalue weighted by Crippen LogP contribution is 2.65. The molecule has 1 N–H and O–H groups in total. The second kappa shape index (κ2) is 7.29. The lowest BCUT2D eigenvalue weighted by Gasteiger charge is -2.50. The highest BCUT2D eigenvalue weighted by atomic mass is 35.5. The number of aliphatic hydroxyl groups is 1. The van der Waals surface area contributed by atoms with E-state index in [2.05, 4.69) is 6.92 Å². The largest absolute Gasteiger partial charge is 0.465 e. The molecule has 9 atom stereocenters. The molecule has 0 amide bonds. The molecule has 0 aromatic carbocycles. The van der Waals surface area contributed by atoms with Crippen LogP contribution in [0.5, 0.6) is 0 Å². The summed E-state index contributed by atoms with van der Waals surface area (Å²) >= 11 is 6.72. The Morgan fingerprint density at radius 2 is 1.97 bits per heavy atom. The van der Waals surface area contributed by atoms with E-state index in [-0.39, 0.29) is 59.1 Å². The van der Waals surface area contributed by atoms with Gasteiger partial charge in [0.25, 0.3) is 0 Å². The monoisotopic (exact) mass is 437 g/mol. The van der Waals surface area contributed by atoms with Crippen LogP contribution < -0.4 is 0 Å². The summed E-state index contributed by atoms with van der Waals surface area (Å²) in [5.41, 5.74) is -0.372. The number of ketones is 1. The molecule has 4 aliphatic carbocycles. The van der Waals surface area contributed by atoms with Crippen LogP contribution in [0.25, 0.3) is 0 Å². The Labute approximate surface area is 183 Å². The van der Waals surface area contributed by atoms with Gasteiger partial charge in [0.1, 0.15) is 5.57 Å². The lowest BCUT2D eigenvalue weighted by Crippen LogP contribution is -2.56. The minimum atomic E-state index is -1.16. The molecule has 4 fully saturated rings. The number of carbonyl (C=O) groups is 2. The van der Waals surface area contributed by atoms with Crippen molar-refractivity contribution in [3.63, 3.8) is 0 Å². The van der Waals surface area contributed by atoms with Crippen LogP contribution in [0.3, 0.4) is 0 Å². The van der Waals surface area contributed by atoms with Crippen molar-refractivity contribution in [3.8, 4) is 0 Å². The van der Waals surface area contributed by atoms with Gasteiger partial charge in [-0.05, 0) is 80.6 Å². The van der Waals surface area contributed by atoms with Crippen molar-refractivity contribution in [2.75, 3.05) is 14.2 Å². The topological polar surface area (TPSA) is 76.1 Å². The van der Waals surface area contributed by atoms with Gasteiger partial charge >= 0.3 is 5.97 Å². The molecular weight excluding hydrogens is 406 g/mol. The molecule has 0 aromatic heterocycles. The summed E-state index contributed by atoms with van der Waals surface area (Å²) in [5, 5.41) is 12.1. The molecule has 30 heavy (non-hydrogen) atoms. The normalized spacial score (nSPS) is 48.1. The highest BCUT2D eigenvalue weighted by molar-refractivity contribution is 6.20. The molecule has 2 bridgehead atoms. The molecule has 7 heteroatoms. The third-order valence-electron chi connectivity index (χ3n) is 9.00. The van der Waals surface area contributed by atoms with E-state index in [0.717, 1.165) is 38.5 Å². The van der Waals surface area contributed by atoms with Crippen LogP contribution in [0, 0.1) is 29.6 Å². The van der Waals surface area contributed by atoms with Gasteiger partial charge in [0.05, 0.1) is 24.7 Å². The molecule has 3 saturated carbocycles. The summed E-state index contributed by atoms with van der Waals surface area (Å²) in [6.45, 7) is 2.12. The average molecular weight is 438 g/mol. The van der Waals surface area contributed by atoms with Crippen molar-refractivity contribution < 1.29 is 24.2 Å². The number of Topliss-reactive ketones (excluding diaryl/α,β-unsaturated/α-hetero) is 1. The number of hydrogen-bond acceptors (Lipinski definition) is 6. The van der Waals surface area contributed by atoms with Gasteiger partial charge in [0.15, 0.2) is 5.78 Å². The molecule has 1 aliphatic heterocycles. The van der Waals surface area contributed by atoms with E-state index in [1.165, 1.54) is 7.11 Å². The van der Waals surface area contributed by atoms with E-state index in [9.17, 15) is 14.7 Å². The second-order valence-corrected chi connectivity index (χ2v) is 10.5. The number of halogens is 1. The maximum atomic E-state index is 13.7. The lowest BCUT2D eigenvalue weighted by atomic mass is 9.60. The maximum absolute atomic E-state index is 13.7. The van der Waals surface area contributed by atoms with Crippen LogP contribution in [0.4, 0.5) is 0 Å². The third-order valence-corrected chi connectivity index (χ3v) is 9.58. The summed E-state index contributed by atoms with van der Waals surface area (Å²) in [4.78, 5) is 26.6. The first kappa shape index (κ1) is 20.9. The van der Waals surface area contributed by atoms with Gasteiger partial charge in [0.2, 0.25) is 0 Å². The van der Waals surface area contributed by atoms with E-state index in [0.29, 0.717) is 12.0 Å². The Hall–Kier alpha value is -0.950. The number of rotatable bonds is 2. The van der Waals surface area contributed by atoms with Crippen LogP contribution in [0.2, 0.25) is 0 Å². The van der Waals surface area contributed by atoms with Crippen molar-refractivity contribution in [2.45, 2.75) is 75.7 Å². The van der Waals surface area contributed by atoms with Crippen LogP contribution in [0.1, 0.15) is 51.9 Å². The lowest BCUT2D eigenvalue weighted by molar-refractivity contribution is -0.143. The van der Waals surface area contributed by atoms with Gasteiger partial charge in [-0.3, -0.25) is 4.79 Å². The molecule has 0 radical (unpaired) electrons. The van der Waals surface area contributed by atoms with E-state index < -0.39 is 11.6 Å². The minimum absolute atomic E-state index is 0.0238. The number of methoxy groups -OCH3 is 2. The Bertz CT molecular complexity index is 798. The van der Waals surface area contributed by atoms with E-state index in [1.807, 2.05) is 4.42 Å². The zero-order valence-corrected chi connectivity index (χ0v) is 18.7. The molecule has 0 spiro atoms. The van der Waals surface area contributed by atoms with Gasteiger partial charge < -0.3 is 14.6 Å². The van der Waals surface area contributed by atoms with Crippen molar-refractivity contribution in [1.29, 1.82) is 0 Å². The number of piperidine rings is 1. The predicted molar refractivity (Wildman–Crippen MR) is 111 cm³/mol. The zero-order valence-electron chi connectivity index (χ0n) is 18.0. The molecule has 1 heterocycles. The Morgan fingerprint density at radius 1 is 1.20 bits per heavy atom. The number of carbonyl (C=O) groups excluding carboxylic acids is 2. The van der Waals surface area contributed by atoms with Gasteiger partial charge in [0, 0.05) is 25.1 Å². The van der Waals surface area contributed by atoms with Crippen LogP contribution in [-0.4, -0.2) is 59.3 Å². The molecule has 6 nitrogen and oxygen atoms in total. The summed E-state index contributed by atoms with van der Waals surface area (Å²) < 4.78 is 12.7. The van der Waals surface area contributed by atoms with Gasteiger partial charge in [-0.1, -0.05) is 6.42 Å². The van der Waals surface area contributed by atoms with Crippen molar-refractivity contribution in [3.05, 3.63) is 11.1 Å². The molecule has 0 aromatic rings. The summed E-state index contributed by atoms with van der Waals surface area (Å²) in [7, 11) is 2.97. The number of hydrogen-bond donors (Lipinski definition) is 1. The molecule has 5 aliphatic rings.